The van der Waals surface area contributed by atoms with E-state index in [4.69, 9.17) is 4.74 Å². The molecule has 78 valence electrons. The van der Waals surface area contributed by atoms with Crippen molar-refractivity contribution < 1.29 is 4.74 Å². The van der Waals surface area contributed by atoms with Gasteiger partial charge in [0.15, 0.2) is 7.98 Å². The summed E-state index contributed by atoms with van der Waals surface area (Å²) in [5.41, 5.74) is 4.00. The van der Waals surface area contributed by atoms with Crippen molar-refractivity contribution in [2.75, 3.05) is 13.4 Å². The average molecular weight is 211 g/mol. The molecule has 0 heterocycles. The lowest BCUT2D eigenvalue weighted by Gasteiger charge is -1.98. The predicted molar refractivity (Wildman–Crippen MR) is 66.1 cm³/mol. The molecule has 2 nitrogen and oxygen atoms in total. The molecule has 0 aromatic heterocycles. The molecule has 14 heavy (non-hydrogen) atoms. The number of nitrogens with two attached hydrogens (primary N) is 1. The maximum atomic E-state index is 5.00. The largest absolute Gasteiger partial charge is 0.497 e. The lowest BCUT2D eigenvalue weighted by molar-refractivity contribution is 0.414. The Hall–Kier alpha value is -0.605. The molecule has 0 aliphatic rings. The maximum Gasteiger partial charge on any atom is 0.174 e. The van der Waals surface area contributed by atoms with Gasteiger partial charge in [-0.25, -0.2) is 0 Å². The van der Waals surface area contributed by atoms with Crippen LogP contribution in [0.2, 0.25) is 0 Å². The van der Waals surface area contributed by atoms with E-state index in [9.17, 15) is 0 Å². The van der Waals surface area contributed by atoms with Crippen LogP contribution in [0, 0.1) is 0 Å². The van der Waals surface area contributed by atoms with Crippen molar-refractivity contribution in [3.63, 3.8) is 0 Å². The van der Waals surface area contributed by atoms with Gasteiger partial charge >= 0.3 is 0 Å². The third-order valence-electron chi connectivity index (χ3n) is 1.30. The third-order valence-corrected chi connectivity index (χ3v) is 2.04. The molecule has 0 aliphatic heterocycles. The summed E-state index contributed by atoms with van der Waals surface area (Å²) in [7, 11) is 5.67. The van der Waals surface area contributed by atoms with Crippen LogP contribution in [0.25, 0.3) is 0 Å². The molecule has 0 fully saturated rings. The maximum absolute atomic E-state index is 5.00. The zero-order valence-corrected chi connectivity index (χ0v) is 10.1. The monoisotopic (exact) mass is 211 g/mol. The molecule has 1 aromatic rings. The second-order valence-corrected chi connectivity index (χ2v) is 2.76. The minimum atomic E-state index is 0.915. The number of hydrogen-bond acceptors (Lipinski definition) is 3. The molecule has 0 saturated heterocycles. The first-order valence-corrected chi connectivity index (χ1v) is 5.60. The van der Waals surface area contributed by atoms with Crippen LogP contribution in [0.3, 0.4) is 0 Å². The summed E-state index contributed by atoms with van der Waals surface area (Å²) in [5, 5.41) is 0. The van der Waals surface area contributed by atoms with Crippen LogP contribution in [0.15, 0.2) is 29.2 Å². The first-order valence-electron chi connectivity index (χ1n) is 4.38. The van der Waals surface area contributed by atoms with Crippen LogP contribution < -0.4 is 10.4 Å². The van der Waals surface area contributed by atoms with E-state index in [1.807, 2.05) is 38.1 Å². The molecule has 0 aliphatic carbocycles. The molecule has 0 saturated carbocycles. The Morgan fingerprint density at radius 1 is 1.14 bits per heavy atom. The van der Waals surface area contributed by atoms with Crippen LogP contribution in [0.1, 0.15) is 13.8 Å². The Kier molecular flexibility index (Phi) is 14.0. The Morgan fingerprint density at radius 3 is 1.86 bits per heavy atom. The van der Waals surface area contributed by atoms with Gasteiger partial charge in [-0.05, 0) is 30.5 Å². The molecular formula is C10H18BNOS. The van der Waals surface area contributed by atoms with E-state index in [2.05, 4.69) is 19.9 Å². The summed E-state index contributed by atoms with van der Waals surface area (Å²) in [6.07, 6.45) is 2.06. The molecule has 0 atom stereocenters. The van der Waals surface area contributed by atoms with Crippen LogP contribution in [0.5, 0.6) is 5.75 Å². The summed E-state index contributed by atoms with van der Waals surface area (Å²) in [6.45, 7) is 4.00. The van der Waals surface area contributed by atoms with Gasteiger partial charge in [-0.1, -0.05) is 13.8 Å². The second kappa shape index (κ2) is 12.4. The fraction of sp³-hybridized carbons (Fsp3) is 0.400. The van der Waals surface area contributed by atoms with Crippen molar-refractivity contribution in [1.82, 2.24) is 0 Å². The van der Waals surface area contributed by atoms with Gasteiger partial charge in [0.1, 0.15) is 5.75 Å². The molecule has 0 bridgehead atoms. The standard InChI is InChI=1S/C8H10OS.C2H6.BH2N/c1-9-7-3-5-8(10-2)6-4-7;2*1-2/h3-6H,1-2H3;1-2H3;2H2. The normalized spacial score (nSPS) is 7.50. The summed E-state index contributed by atoms with van der Waals surface area (Å²) >= 11 is 1.73. The van der Waals surface area contributed by atoms with E-state index in [0.29, 0.717) is 0 Å². The fourth-order valence-electron chi connectivity index (χ4n) is 0.712. The zero-order chi connectivity index (χ0) is 11.4. The lowest BCUT2D eigenvalue weighted by atomic mass is 10.3. The minimum Gasteiger partial charge on any atom is -0.497 e. The van der Waals surface area contributed by atoms with Crippen molar-refractivity contribution in [2.45, 2.75) is 18.7 Å². The van der Waals surface area contributed by atoms with Crippen molar-refractivity contribution in [2.24, 2.45) is 5.64 Å². The second-order valence-electron chi connectivity index (χ2n) is 1.88. The number of hydrogen-bond donors (Lipinski definition) is 1. The first kappa shape index (κ1) is 15.8. The van der Waals surface area contributed by atoms with E-state index in [1.54, 1.807) is 18.9 Å². The van der Waals surface area contributed by atoms with E-state index >= 15 is 0 Å². The fourth-order valence-corrected chi connectivity index (χ4v) is 1.12. The molecule has 0 amide bonds. The van der Waals surface area contributed by atoms with Gasteiger partial charge in [-0.2, -0.15) is 0 Å². The minimum absolute atomic E-state index is 0.915. The van der Waals surface area contributed by atoms with Crippen LogP contribution in [-0.4, -0.2) is 21.3 Å². The molecular weight excluding hydrogens is 193 g/mol. The molecule has 0 spiro atoms. The molecule has 0 unspecified atom stereocenters. The molecule has 4 heteroatoms. The number of methoxy groups -OCH3 is 1. The number of benzene rings is 1. The highest BCUT2D eigenvalue weighted by Crippen LogP contribution is 2.18. The van der Waals surface area contributed by atoms with Crippen molar-refractivity contribution >= 4 is 19.7 Å². The van der Waals surface area contributed by atoms with Gasteiger partial charge in [0.25, 0.3) is 0 Å². The lowest BCUT2D eigenvalue weighted by Crippen LogP contribution is -1.80. The first-order chi connectivity index (χ1) is 6.86. The number of rotatable bonds is 2. The molecule has 2 N–H and O–H groups in total. The summed E-state index contributed by atoms with van der Waals surface area (Å²) in [5.74, 6) is 0.915. The van der Waals surface area contributed by atoms with Gasteiger partial charge in [-0.3, -0.25) is 0 Å². The highest BCUT2D eigenvalue weighted by atomic mass is 32.2. The van der Waals surface area contributed by atoms with Gasteiger partial charge in [0.05, 0.1) is 7.11 Å². The smallest absolute Gasteiger partial charge is 0.174 e. The highest BCUT2D eigenvalue weighted by molar-refractivity contribution is 7.98. The summed E-state index contributed by atoms with van der Waals surface area (Å²) < 4.78 is 5.00. The van der Waals surface area contributed by atoms with Crippen LogP contribution in [-0.2, 0) is 0 Å². The van der Waals surface area contributed by atoms with Crippen molar-refractivity contribution in [1.29, 1.82) is 0 Å². The van der Waals surface area contributed by atoms with Crippen LogP contribution in [0.4, 0.5) is 0 Å². The van der Waals surface area contributed by atoms with Gasteiger partial charge < -0.3 is 10.4 Å². The third kappa shape index (κ3) is 6.86. The zero-order valence-electron chi connectivity index (χ0n) is 9.28. The number of thioether (sulfide) groups is 1. The number of ether oxygens (including phenoxy) is 1. The quantitative estimate of drug-likeness (QED) is 0.602. The Labute approximate surface area is 92.7 Å². The topological polar surface area (TPSA) is 35.2 Å². The Morgan fingerprint density at radius 2 is 1.57 bits per heavy atom. The van der Waals surface area contributed by atoms with E-state index < -0.39 is 0 Å². The average Bonchev–Trinajstić information content (AvgIpc) is 2.34. The van der Waals surface area contributed by atoms with E-state index in [1.165, 1.54) is 4.90 Å². The molecule has 1 rings (SSSR count). The molecule has 2 radical (unpaired) electrons. The molecule has 1 aromatic carbocycles. The van der Waals surface area contributed by atoms with Crippen molar-refractivity contribution in [3.05, 3.63) is 24.3 Å². The van der Waals surface area contributed by atoms with Gasteiger partial charge in [0, 0.05) is 4.90 Å². The Balaban J connectivity index is 0. The van der Waals surface area contributed by atoms with E-state index in [-0.39, 0.29) is 0 Å². The predicted octanol–water partition coefficient (Wildman–Crippen LogP) is 2.47. The van der Waals surface area contributed by atoms with E-state index in [0.717, 1.165) is 5.75 Å². The SMILES string of the molecule is CC.COc1ccc(SC)cc1.[B]N. The highest BCUT2D eigenvalue weighted by Gasteiger charge is 1.89. The Bertz CT molecular complexity index is 181. The van der Waals surface area contributed by atoms with Crippen LogP contribution >= 0.6 is 11.8 Å². The summed E-state index contributed by atoms with van der Waals surface area (Å²) in [6, 6.07) is 8.02. The van der Waals surface area contributed by atoms with Crippen molar-refractivity contribution in [3.8, 4) is 5.75 Å². The van der Waals surface area contributed by atoms with Gasteiger partial charge in [-0.15, -0.1) is 11.8 Å². The van der Waals surface area contributed by atoms with Gasteiger partial charge in [0.2, 0.25) is 0 Å². The summed E-state index contributed by atoms with van der Waals surface area (Å²) in [4.78, 5) is 1.26.